The van der Waals surface area contributed by atoms with E-state index in [9.17, 15) is 14.7 Å². The van der Waals surface area contributed by atoms with Gasteiger partial charge < -0.3 is 39.2 Å². The normalized spacial score (nSPS) is 21.3. The van der Waals surface area contributed by atoms with Gasteiger partial charge in [-0.2, -0.15) is 0 Å². The first-order valence-electron chi connectivity index (χ1n) is 16.9. The lowest BCUT2D eigenvalue weighted by Gasteiger charge is -2.36. The molecule has 0 aliphatic carbocycles. The van der Waals surface area contributed by atoms with Crippen LogP contribution in [0.1, 0.15) is 68.8 Å². The lowest BCUT2D eigenvalue weighted by atomic mass is 10.0. The SMILES string of the molecule is C[C@@H]1CN([C@@H](C)CO)C(=O)c2cc(NC(=O)CCCN(C)C)ccc2O[C@@H](C)CCCCO[C@@H]1CN(C)Cc1ccc2c(c1)OCO2. The molecule has 11 heteroatoms. The van der Waals surface area contributed by atoms with Crippen LogP contribution in [0.25, 0.3) is 0 Å². The van der Waals surface area contributed by atoms with Crippen molar-refractivity contribution in [1.29, 1.82) is 0 Å². The van der Waals surface area contributed by atoms with E-state index in [0.717, 1.165) is 49.3 Å². The number of amides is 2. The molecule has 0 saturated heterocycles. The van der Waals surface area contributed by atoms with Crippen LogP contribution in [0.15, 0.2) is 36.4 Å². The summed E-state index contributed by atoms with van der Waals surface area (Å²) in [5, 5.41) is 13.2. The van der Waals surface area contributed by atoms with E-state index in [1.807, 2.05) is 51.0 Å². The highest BCUT2D eigenvalue weighted by molar-refractivity contribution is 5.99. The van der Waals surface area contributed by atoms with Gasteiger partial charge in [0.1, 0.15) is 5.75 Å². The molecule has 260 valence electrons. The second kappa shape index (κ2) is 17.7. The summed E-state index contributed by atoms with van der Waals surface area (Å²) in [6.45, 7) is 9.15. The van der Waals surface area contributed by atoms with Crippen molar-refractivity contribution in [2.45, 2.75) is 77.7 Å². The molecule has 0 bridgehead atoms. The number of hydrogen-bond acceptors (Lipinski definition) is 9. The van der Waals surface area contributed by atoms with Gasteiger partial charge in [-0.25, -0.2) is 0 Å². The summed E-state index contributed by atoms with van der Waals surface area (Å²) in [4.78, 5) is 33.0. The van der Waals surface area contributed by atoms with Gasteiger partial charge in [-0.3, -0.25) is 14.5 Å². The molecule has 4 rings (SSSR count). The molecule has 47 heavy (non-hydrogen) atoms. The Kier molecular flexibility index (Phi) is 13.7. The summed E-state index contributed by atoms with van der Waals surface area (Å²) >= 11 is 0. The summed E-state index contributed by atoms with van der Waals surface area (Å²) in [7, 11) is 6.02. The van der Waals surface area contributed by atoms with Crippen molar-refractivity contribution in [1.82, 2.24) is 14.7 Å². The molecule has 2 aromatic carbocycles. The van der Waals surface area contributed by atoms with E-state index >= 15 is 0 Å². The number of aliphatic hydroxyl groups is 1. The number of nitrogens with zero attached hydrogens (tertiary/aromatic N) is 3. The second-order valence-electron chi connectivity index (χ2n) is 13.4. The average molecular weight is 655 g/mol. The quantitative estimate of drug-likeness (QED) is 0.358. The van der Waals surface area contributed by atoms with Crippen molar-refractivity contribution in [2.24, 2.45) is 5.92 Å². The fourth-order valence-corrected chi connectivity index (χ4v) is 5.96. The number of ether oxygens (including phenoxy) is 4. The van der Waals surface area contributed by atoms with Crippen molar-refractivity contribution in [3.05, 3.63) is 47.5 Å². The molecule has 0 spiro atoms. The molecule has 0 saturated carbocycles. The summed E-state index contributed by atoms with van der Waals surface area (Å²) < 4.78 is 23.9. The summed E-state index contributed by atoms with van der Waals surface area (Å²) in [6, 6.07) is 10.8. The molecule has 0 fully saturated rings. The third kappa shape index (κ3) is 10.8. The molecule has 2 aromatic rings. The van der Waals surface area contributed by atoms with E-state index in [4.69, 9.17) is 18.9 Å². The van der Waals surface area contributed by atoms with Crippen LogP contribution in [0.4, 0.5) is 5.69 Å². The van der Waals surface area contributed by atoms with Gasteiger partial charge in [-0.15, -0.1) is 0 Å². The molecule has 0 aromatic heterocycles. The summed E-state index contributed by atoms with van der Waals surface area (Å²) in [6.07, 6.45) is 3.46. The van der Waals surface area contributed by atoms with Crippen LogP contribution in [0, 0.1) is 5.92 Å². The van der Waals surface area contributed by atoms with E-state index in [-0.39, 0.29) is 43.3 Å². The largest absolute Gasteiger partial charge is 0.490 e. The van der Waals surface area contributed by atoms with Crippen LogP contribution in [0.2, 0.25) is 0 Å². The molecular formula is C36H54N4O7. The highest BCUT2D eigenvalue weighted by Crippen LogP contribution is 2.33. The third-order valence-corrected chi connectivity index (χ3v) is 8.73. The van der Waals surface area contributed by atoms with E-state index < -0.39 is 6.04 Å². The van der Waals surface area contributed by atoms with Gasteiger partial charge in [0.05, 0.1) is 30.4 Å². The predicted octanol–water partition coefficient (Wildman–Crippen LogP) is 4.62. The lowest BCUT2D eigenvalue weighted by molar-refractivity contribution is -0.116. The van der Waals surface area contributed by atoms with Crippen LogP contribution in [-0.2, 0) is 16.1 Å². The topological polar surface area (TPSA) is 113 Å². The van der Waals surface area contributed by atoms with Gasteiger partial charge in [0.25, 0.3) is 5.91 Å². The van der Waals surface area contributed by atoms with Crippen LogP contribution in [-0.4, -0.2) is 111 Å². The number of carbonyl (C=O) groups excluding carboxylic acids is 2. The van der Waals surface area contributed by atoms with Gasteiger partial charge in [-0.1, -0.05) is 13.0 Å². The minimum Gasteiger partial charge on any atom is -0.490 e. The lowest BCUT2D eigenvalue weighted by Crippen LogP contribution is -2.47. The first kappa shape index (κ1) is 36.5. The highest BCUT2D eigenvalue weighted by atomic mass is 16.7. The van der Waals surface area contributed by atoms with Crippen molar-refractivity contribution in [3.63, 3.8) is 0 Å². The number of benzene rings is 2. The van der Waals surface area contributed by atoms with E-state index in [1.165, 1.54) is 0 Å². The number of aliphatic hydroxyl groups excluding tert-OH is 1. The van der Waals surface area contributed by atoms with Gasteiger partial charge in [0.2, 0.25) is 12.7 Å². The maximum Gasteiger partial charge on any atom is 0.258 e. The van der Waals surface area contributed by atoms with Gasteiger partial charge >= 0.3 is 0 Å². The van der Waals surface area contributed by atoms with Crippen LogP contribution in [0.5, 0.6) is 17.2 Å². The summed E-state index contributed by atoms with van der Waals surface area (Å²) in [5.74, 6) is 1.60. The molecule has 2 aliphatic rings. The fourth-order valence-electron chi connectivity index (χ4n) is 5.96. The number of fused-ring (bicyclic) bond motifs is 2. The zero-order valence-corrected chi connectivity index (χ0v) is 29.0. The second-order valence-corrected chi connectivity index (χ2v) is 13.4. The Balaban J connectivity index is 1.54. The highest BCUT2D eigenvalue weighted by Gasteiger charge is 2.30. The summed E-state index contributed by atoms with van der Waals surface area (Å²) in [5.41, 5.74) is 2.02. The van der Waals surface area contributed by atoms with E-state index in [0.29, 0.717) is 49.7 Å². The molecule has 11 nitrogen and oxygen atoms in total. The van der Waals surface area contributed by atoms with Gasteiger partial charge in [-0.05, 0) is 103 Å². The minimum absolute atomic E-state index is 0.0435. The molecule has 2 amide bonds. The van der Waals surface area contributed by atoms with Gasteiger partial charge in [0, 0.05) is 44.3 Å². The number of likely N-dealkylation sites (N-methyl/N-ethyl adjacent to an activating group) is 1. The monoisotopic (exact) mass is 654 g/mol. The maximum absolute atomic E-state index is 14.4. The smallest absolute Gasteiger partial charge is 0.258 e. The third-order valence-electron chi connectivity index (χ3n) is 8.73. The number of anilines is 1. The molecule has 2 N–H and O–H groups in total. The Morgan fingerprint density at radius 1 is 1.06 bits per heavy atom. The molecule has 2 aliphatic heterocycles. The molecular weight excluding hydrogens is 600 g/mol. The standard InChI is InChI=1S/C36H54N4O7/c1-25-20-40(26(2)23-41)36(43)30-19-29(37-35(42)11-9-16-38(4)5)13-15-31(30)47-27(3)10-7-8-17-44-34(25)22-39(6)21-28-12-14-32-33(18-28)46-24-45-32/h12-15,18-19,25-27,34,41H,7-11,16-17,20-24H2,1-6H3,(H,37,42)/t25-,26+,27+,34-/m1/s1. The van der Waals surface area contributed by atoms with E-state index in [2.05, 4.69) is 24.2 Å². The van der Waals surface area contributed by atoms with Gasteiger partial charge in [0.15, 0.2) is 11.5 Å². The predicted molar refractivity (Wildman–Crippen MR) is 182 cm³/mol. The van der Waals surface area contributed by atoms with Crippen molar-refractivity contribution in [3.8, 4) is 17.2 Å². The van der Waals surface area contributed by atoms with Crippen LogP contribution >= 0.6 is 0 Å². The Hall–Kier alpha value is -3.38. The minimum atomic E-state index is -0.445. The maximum atomic E-state index is 14.4. The Bertz CT molecular complexity index is 1320. The van der Waals surface area contributed by atoms with Crippen LogP contribution < -0.4 is 19.5 Å². The number of carbonyl (C=O) groups is 2. The Morgan fingerprint density at radius 3 is 2.60 bits per heavy atom. The Morgan fingerprint density at radius 2 is 1.83 bits per heavy atom. The Labute approximate surface area is 280 Å². The van der Waals surface area contributed by atoms with Crippen molar-refractivity contribution < 1.29 is 33.6 Å². The zero-order valence-electron chi connectivity index (χ0n) is 29.0. The van der Waals surface area contributed by atoms with Crippen molar-refractivity contribution in [2.75, 3.05) is 66.1 Å². The number of rotatable bonds is 11. The van der Waals surface area contributed by atoms with Crippen molar-refractivity contribution >= 4 is 17.5 Å². The zero-order chi connectivity index (χ0) is 33.9. The molecule has 4 atom stereocenters. The number of hydrogen-bond donors (Lipinski definition) is 2. The fraction of sp³-hybridized carbons (Fsp3) is 0.611. The first-order chi connectivity index (χ1) is 22.5. The van der Waals surface area contributed by atoms with E-state index in [1.54, 1.807) is 23.1 Å². The molecule has 0 radical (unpaired) electrons. The number of nitrogens with one attached hydrogen (secondary N) is 1. The first-order valence-corrected chi connectivity index (χ1v) is 16.9. The molecule has 2 heterocycles. The van der Waals surface area contributed by atoms with Crippen LogP contribution in [0.3, 0.4) is 0 Å². The average Bonchev–Trinajstić information content (AvgIpc) is 3.50. The molecule has 0 unspecified atom stereocenters.